The van der Waals surface area contributed by atoms with Crippen LogP contribution in [0.15, 0.2) is 137 Å². The van der Waals surface area contributed by atoms with Crippen LogP contribution in [0.25, 0.3) is 11.1 Å². The number of halogens is 1. The summed E-state index contributed by atoms with van der Waals surface area (Å²) >= 11 is 6.16. The Morgan fingerprint density at radius 1 is 0.787 bits per heavy atom. The Bertz CT molecular complexity index is 1880. The topological polar surface area (TPSA) is 83.9 Å². The molecule has 1 N–H and O–H groups in total. The Hall–Kier alpha value is -4.27. The van der Waals surface area contributed by atoms with Crippen LogP contribution in [0.5, 0.6) is 0 Å². The summed E-state index contributed by atoms with van der Waals surface area (Å²) < 4.78 is 31.9. The van der Waals surface area contributed by atoms with E-state index in [2.05, 4.69) is 17.0 Å². The molecule has 5 rings (SSSR count). The second kappa shape index (κ2) is 16.0. The average molecular weight is 668 g/mol. The van der Waals surface area contributed by atoms with Gasteiger partial charge in [-0.3, -0.25) is 4.90 Å². The maximum Gasteiger partial charge on any atom is 0.338 e. The van der Waals surface area contributed by atoms with Gasteiger partial charge in [-0.15, -0.1) is 0 Å². The van der Waals surface area contributed by atoms with Crippen LogP contribution >= 0.6 is 11.6 Å². The first-order chi connectivity index (χ1) is 22.7. The molecule has 0 unspecified atom stereocenters. The first-order valence-corrected chi connectivity index (χ1v) is 17.5. The van der Waals surface area contributed by atoms with E-state index in [1.165, 1.54) is 5.56 Å². The summed E-state index contributed by atoms with van der Waals surface area (Å²) in [5.41, 5.74) is 5.02. The molecule has 0 fully saturated rings. The largest absolute Gasteiger partial charge is 0.462 e. The molecule has 0 aliphatic rings. The Morgan fingerprint density at radius 3 is 2.15 bits per heavy atom. The lowest BCUT2D eigenvalue weighted by molar-refractivity contribution is 0.0526. The number of hydrogen-bond acceptors (Lipinski definition) is 6. The number of ether oxygens (including phenoxy) is 1. The van der Waals surface area contributed by atoms with Crippen molar-refractivity contribution in [2.24, 2.45) is 0 Å². The third-order valence-electron chi connectivity index (χ3n) is 7.96. The molecule has 47 heavy (non-hydrogen) atoms. The number of nitrogens with zero attached hydrogens (tertiary/aromatic N) is 1. The Kier molecular flexibility index (Phi) is 11.6. The second-order valence-electron chi connectivity index (χ2n) is 11.4. The summed E-state index contributed by atoms with van der Waals surface area (Å²) in [4.78, 5) is 14.8. The van der Waals surface area contributed by atoms with Crippen molar-refractivity contribution in [1.82, 2.24) is 4.90 Å². The van der Waals surface area contributed by atoms with Crippen molar-refractivity contribution in [3.63, 3.8) is 0 Å². The number of aliphatic hydroxyl groups excluding tert-OH is 1. The Balaban J connectivity index is 1.21. The van der Waals surface area contributed by atoms with E-state index >= 15 is 0 Å². The van der Waals surface area contributed by atoms with Gasteiger partial charge in [-0.1, -0.05) is 90.5 Å². The normalized spacial score (nSPS) is 12.2. The van der Waals surface area contributed by atoms with E-state index in [0.29, 0.717) is 30.3 Å². The van der Waals surface area contributed by atoms with E-state index < -0.39 is 21.9 Å². The third-order valence-corrected chi connectivity index (χ3v) is 9.98. The van der Waals surface area contributed by atoms with Gasteiger partial charge in [-0.05, 0) is 103 Å². The van der Waals surface area contributed by atoms with Crippen LogP contribution in [0.4, 0.5) is 0 Å². The zero-order valence-electron chi connectivity index (χ0n) is 26.3. The lowest BCUT2D eigenvalue weighted by Gasteiger charge is -2.25. The molecule has 6 nitrogen and oxygen atoms in total. The van der Waals surface area contributed by atoms with Crippen LogP contribution in [-0.4, -0.2) is 44.1 Å². The number of carbonyl (C=O) groups is 1. The van der Waals surface area contributed by atoms with Crippen LogP contribution in [0.3, 0.4) is 0 Å². The number of aliphatic hydroxyl groups is 1. The molecule has 0 saturated carbocycles. The number of hydrogen-bond donors (Lipinski definition) is 1. The van der Waals surface area contributed by atoms with Gasteiger partial charge in [-0.25, -0.2) is 13.2 Å². The molecule has 5 aromatic carbocycles. The zero-order valence-corrected chi connectivity index (χ0v) is 27.8. The lowest BCUT2D eigenvalue weighted by Crippen LogP contribution is -2.29. The predicted molar refractivity (Wildman–Crippen MR) is 186 cm³/mol. The highest BCUT2D eigenvalue weighted by Crippen LogP contribution is 2.27. The molecule has 0 aromatic heterocycles. The Labute approximate surface area is 282 Å². The maximum absolute atomic E-state index is 13.4. The molecule has 0 bridgehead atoms. The van der Waals surface area contributed by atoms with Gasteiger partial charge in [-0.2, -0.15) is 0 Å². The van der Waals surface area contributed by atoms with Crippen molar-refractivity contribution in [2.75, 3.05) is 19.7 Å². The van der Waals surface area contributed by atoms with Crippen LogP contribution in [0.2, 0.25) is 5.02 Å². The van der Waals surface area contributed by atoms with Gasteiger partial charge >= 0.3 is 5.97 Å². The van der Waals surface area contributed by atoms with E-state index in [4.69, 9.17) is 16.3 Å². The molecule has 242 valence electrons. The minimum atomic E-state index is -3.71. The molecule has 0 aliphatic heterocycles. The van der Waals surface area contributed by atoms with Crippen LogP contribution in [0.1, 0.15) is 46.5 Å². The van der Waals surface area contributed by atoms with E-state index in [0.717, 1.165) is 41.6 Å². The molecule has 0 amide bonds. The summed E-state index contributed by atoms with van der Waals surface area (Å²) in [6.45, 7) is 3.96. The monoisotopic (exact) mass is 667 g/mol. The highest BCUT2D eigenvalue weighted by molar-refractivity contribution is 7.91. The van der Waals surface area contributed by atoms with Gasteiger partial charge < -0.3 is 9.84 Å². The van der Waals surface area contributed by atoms with Gasteiger partial charge in [0.2, 0.25) is 9.84 Å². The number of sulfone groups is 1. The van der Waals surface area contributed by atoms with Crippen molar-refractivity contribution in [1.29, 1.82) is 0 Å². The fraction of sp³-hybridized carbons (Fsp3) is 0.205. The van der Waals surface area contributed by atoms with Gasteiger partial charge in [0.05, 0.1) is 28.1 Å². The van der Waals surface area contributed by atoms with Crippen molar-refractivity contribution in [3.8, 4) is 11.1 Å². The summed E-state index contributed by atoms with van der Waals surface area (Å²) in [7, 11) is -3.71. The first kappa shape index (κ1) is 34.1. The highest BCUT2D eigenvalue weighted by atomic mass is 35.5. The van der Waals surface area contributed by atoms with E-state index in [1.54, 1.807) is 73.7 Å². The van der Waals surface area contributed by atoms with Crippen molar-refractivity contribution in [2.45, 2.75) is 42.2 Å². The average Bonchev–Trinajstić information content (AvgIpc) is 3.09. The minimum absolute atomic E-state index is 0.199. The maximum atomic E-state index is 13.4. The van der Waals surface area contributed by atoms with Crippen LogP contribution < -0.4 is 0 Å². The standard InChI is InChI=1S/C39H38ClNO5S/c1-2-46-39(43)34-14-6-12-32(25-34)31-18-22-37(23-19-31)47(44,45)36-20-16-29(17-21-36)11-8-24-41(27-30-9-4-3-5-10-30)28-38(42)33-13-7-15-35(40)26-33/h3-7,9-10,12-23,25-26,38,42H,2,8,11,24,27-28H2,1H3/t38-/m0/s1. The molecule has 5 aromatic rings. The number of benzene rings is 5. The highest BCUT2D eigenvalue weighted by Gasteiger charge is 2.19. The summed E-state index contributed by atoms with van der Waals surface area (Å²) in [5, 5.41) is 11.6. The Morgan fingerprint density at radius 2 is 1.47 bits per heavy atom. The second-order valence-corrected chi connectivity index (χ2v) is 13.8. The van der Waals surface area contributed by atoms with Crippen molar-refractivity contribution < 1.29 is 23.1 Å². The van der Waals surface area contributed by atoms with Crippen molar-refractivity contribution >= 4 is 27.4 Å². The van der Waals surface area contributed by atoms with E-state index in [1.807, 2.05) is 48.5 Å². The fourth-order valence-electron chi connectivity index (χ4n) is 5.49. The molecule has 1 atom stereocenters. The quantitative estimate of drug-likeness (QED) is 0.120. The van der Waals surface area contributed by atoms with Gasteiger partial charge in [0.1, 0.15) is 0 Å². The number of esters is 1. The summed E-state index contributed by atoms with van der Waals surface area (Å²) in [6, 6.07) is 38.3. The molecule has 0 heterocycles. The van der Waals surface area contributed by atoms with Crippen LogP contribution in [0, 0.1) is 0 Å². The molecule has 8 heteroatoms. The third kappa shape index (κ3) is 9.18. The number of aryl methyl sites for hydroxylation is 1. The molecule has 0 saturated heterocycles. The molecule has 0 radical (unpaired) electrons. The molecular formula is C39H38ClNO5S. The van der Waals surface area contributed by atoms with Crippen molar-refractivity contribution in [3.05, 3.63) is 155 Å². The molecule has 0 aliphatic carbocycles. The first-order valence-electron chi connectivity index (χ1n) is 15.6. The van der Waals surface area contributed by atoms with Gasteiger partial charge in [0.15, 0.2) is 0 Å². The van der Waals surface area contributed by atoms with Gasteiger partial charge in [0, 0.05) is 18.1 Å². The summed E-state index contributed by atoms with van der Waals surface area (Å²) in [6.07, 6.45) is 0.920. The SMILES string of the molecule is CCOC(=O)c1cccc(-c2ccc(S(=O)(=O)c3ccc(CCCN(Cc4ccccc4)C[C@H](O)c4cccc(Cl)c4)cc3)cc2)c1. The number of carbonyl (C=O) groups excluding carboxylic acids is 1. The minimum Gasteiger partial charge on any atom is -0.462 e. The van der Waals surface area contributed by atoms with E-state index in [-0.39, 0.29) is 9.79 Å². The smallest absolute Gasteiger partial charge is 0.338 e. The van der Waals surface area contributed by atoms with Gasteiger partial charge in [0.25, 0.3) is 0 Å². The van der Waals surface area contributed by atoms with E-state index in [9.17, 15) is 18.3 Å². The lowest BCUT2D eigenvalue weighted by atomic mass is 10.0. The summed E-state index contributed by atoms with van der Waals surface area (Å²) in [5.74, 6) is -0.394. The predicted octanol–water partition coefficient (Wildman–Crippen LogP) is 8.18. The zero-order chi connectivity index (χ0) is 33.2. The van der Waals surface area contributed by atoms with Crippen LogP contribution in [-0.2, 0) is 27.5 Å². The molecule has 0 spiro atoms. The molecular weight excluding hydrogens is 630 g/mol. The fourth-order valence-corrected chi connectivity index (χ4v) is 6.94. The number of rotatable bonds is 14.